The smallest absolute Gasteiger partial charge is 0.0490 e. The summed E-state index contributed by atoms with van der Waals surface area (Å²) in [5.41, 5.74) is 8.43. The summed E-state index contributed by atoms with van der Waals surface area (Å²) < 4.78 is 0. The Morgan fingerprint density at radius 3 is 2.60 bits per heavy atom. The van der Waals surface area contributed by atoms with Crippen LogP contribution in [0.5, 0.6) is 0 Å². The predicted molar refractivity (Wildman–Crippen MR) is 60.4 cm³/mol. The Hall–Kier alpha value is -1.61. The van der Waals surface area contributed by atoms with Gasteiger partial charge in [-0.1, -0.05) is 30.3 Å². The maximum Gasteiger partial charge on any atom is 0.0490 e. The molecule has 2 aromatic rings. The molecule has 3 heteroatoms. The van der Waals surface area contributed by atoms with Gasteiger partial charge in [0.25, 0.3) is 0 Å². The number of benzene rings is 1. The first-order valence-electron chi connectivity index (χ1n) is 5.12. The highest BCUT2D eigenvalue weighted by molar-refractivity contribution is 5.16. The third-order valence-corrected chi connectivity index (χ3v) is 2.38. The first kappa shape index (κ1) is 9.93. The van der Waals surface area contributed by atoms with Gasteiger partial charge in [0.1, 0.15) is 0 Å². The molecule has 1 heterocycles. The highest BCUT2D eigenvalue weighted by Gasteiger charge is 2.05. The van der Waals surface area contributed by atoms with Crippen LogP contribution in [-0.2, 0) is 12.8 Å². The van der Waals surface area contributed by atoms with Gasteiger partial charge in [0.05, 0.1) is 0 Å². The van der Waals surface area contributed by atoms with E-state index in [1.807, 2.05) is 24.3 Å². The second-order valence-corrected chi connectivity index (χ2v) is 3.74. The van der Waals surface area contributed by atoms with Gasteiger partial charge in [0.2, 0.25) is 0 Å². The summed E-state index contributed by atoms with van der Waals surface area (Å²) in [4.78, 5) is 0. The summed E-state index contributed by atoms with van der Waals surface area (Å²) in [7, 11) is 0. The van der Waals surface area contributed by atoms with Crippen LogP contribution >= 0.6 is 0 Å². The number of hydrogen-bond acceptors (Lipinski definition) is 2. The molecular formula is C12H15N3. The molecule has 0 bridgehead atoms. The van der Waals surface area contributed by atoms with Gasteiger partial charge >= 0.3 is 0 Å². The molecule has 1 aromatic carbocycles. The van der Waals surface area contributed by atoms with Crippen LogP contribution in [0.4, 0.5) is 0 Å². The van der Waals surface area contributed by atoms with Crippen LogP contribution in [0.3, 0.4) is 0 Å². The summed E-state index contributed by atoms with van der Waals surface area (Å²) in [6.45, 7) is 0. The molecule has 3 N–H and O–H groups in total. The highest BCUT2D eigenvalue weighted by Crippen LogP contribution is 2.05. The van der Waals surface area contributed by atoms with Gasteiger partial charge in [-0.2, -0.15) is 5.10 Å². The van der Waals surface area contributed by atoms with Crippen LogP contribution in [0.15, 0.2) is 42.6 Å². The van der Waals surface area contributed by atoms with Crippen molar-refractivity contribution < 1.29 is 0 Å². The fraction of sp³-hybridized carbons (Fsp3) is 0.250. The first-order chi connectivity index (χ1) is 7.34. The Balaban J connectivity index is 1.90. The van der Waals surface area contributed by atoms with E-state index in [1.165, 1.54) is 5.56 Å². The molecule has 0 saturated carbocycles. The van der Waals surface area contributed by atoms with E-state index in [2.05, 4.69) is 22.3 Å². The zero-order chi connectivity index (χ0) is 10.5. The monoisotopic (exact) mass is 201 g/mol. The van der Waals surface area contributed by atoms with Crippen LogP contribution in [0.2, 0.25) is 0 Å². The summed E-state index contributed by atoms with van der Waals surface area (Å²) in [5, 5.41) is 6.83. The van der Waals surface area contributed by atoms with E-state index in [-0.39, 0.29) is 6.04 Å². The van der Waals surface area contributed by atoms with Crippen LogP contribution < -0.4 is 5.73 Å². The molecule has 1 aromatic heterocycles. The Morgan fingerprint density at radius 2 is 1.93 bits per heavy atom. The Labute approximate surface area is 89.3 Å². The van der Waals surface area contributed by atoms with Crippen molar-refractivity contribution in [2.45, 2.75) is 18.9 Å². The van der Waals surface area contributed by atoms with E-state index in [1.54, 1.807) is 6.20 Å². The molecule has 1 atom stereocenters. The zero-order valence-corrected chi connectivity index (χ0v) is 8.56. The molecule has 3 nitrogen and oxygen atoms in total. The second kappa shape index (κ2) is 4.75. The molecule has 78 valence electrons. The van der Waals surface area contributed by atoms with Crippen molar-refractivity contribution in [1.29, 1.82) is 0 Å². The fourth-order valence-corrected chi connectivity index (χ4v) is 1.67. The standard InChI is InChI=1S/C12H15N3/c13-11(9-12-6-7-14-15-12)8-10-4-2-1-3-5-10/h1-7,11H,8-9,13H2,(H,14,15). The lowest BCUT2D eigenvalue weighted by Crippen LogP contribution is -2.25. The van der Waals surface area contributed by atoms with Crippen molar-refractivity contribution in [3.63, 3.8) is 0 Å². The molecule has 0 amide bonds. The van der Waals surface area contributed by atoms with Crippen LogP contribution in [0.1, 0.15) is 11.3 Å². The molecule has 0 saturated heterocycles. The van der Waals surface area contributed by atoms with Crippen molar-refractivity contribution in [3.8, 4) is 0 Å². The molecule has 15 heavy (non-hydrogen) atoms. The van der Waals surface area contributed by atoms with Crippen LogP contribution in [-0.4, -0.2) is 16.2 Å². The number of hydrogen-bond donors (Lipinski definition) is 2. The second-order valence-electron chi connectivity index (χ2n) is 3.74. The van der Waals surface area contributed by atoms with Gasteiger partial charge in [-0.25, -0.2) is 0 Å². The van der Waals surface area contributed by atoms with Gasteiger partial charge in [0, 0.05) is 24.4 Å². The maximum absolute atomic E-state index is 6.05. The Morgan fingerprint density at radius 1 is 1.13 bits per heavy atom. The largest absolute Gasteiger partial charge is 0.327 e. The normalized spacial score (nSPS) is 12.6. The summed E-state index contributed by atoms with van der Waals surface area (Å²) in [5.74, 6) is 0. The lowest BCUT2D eigenvalue weighted by Gasteiger charge is -2.09. The summed E-state index contributed by atoms with van der Waals surface area (Å²) >= 11 is 0. The lowest BCUT2D eigenvalue weighted by atomic mass is 10.0. The minimum Gasteiger partial charge on any atom is -0.327 e. The van der Waals surface area contributed by atoms with Crippen LogP contribution in [0.25, 0.3) is 0 Å². The average Bonchev–Trinajstić information content (AvgIpc) is 2.71. The van der Waals surface area contributed by atoms with Gasteiger partial charge < -0.3 is 5.73 Å². The van der Waals surface area contributed by atoms with Crippen molar-refractivity contribution in [3.05, 3.63) is 53.9 Å². The molecule has 0 aliphatic carbocycles. The number of H-pyrrole nitrogens is 1. The number of nitrogens with zero attached hydrogens (tertiary/aromatic N) is 1. The number of aromatic nitrogens is 2. The van der Waals surface area contributed by atoms with Crippen molar-refractivity contribution in [1.82, 2.24) is 10.2 Å². The molecule has 0 aliphatic heterocycles. The fourth-order valence-electron chi connectivity index (χ4n) is 1.67. The van der Waals surface area contributed by atoms with Crippen LogP contribution in [0, 0.1) is 0 Å². The number of aromatic amines is 1. The van der Waals surface area contributed by atoms with Crippen molar-refractivity contribution in [2.75, 3.05) is 0 Å². The van der Waals surface area contributed by atoms with Gasteiger partial charge in [-0.05, 0) is 18.1 Å². The van der Waals surface area contributed by atoms with E-state index in [9.17, 15) is 0 Å². The molecular weight excluding hydrogens is 186 g/mol. The third kappa shape index (κ3) is 2.92. The van der Waals surface area contributed by atoms with Gasteiger partial charge in [0.15, 0.2) is 0 Å². The average molecular weight is 201 g/mol. The third-order valence-electron chi connectivity index (χ3n) is 2.38. The number of nitrogens with one attached hydrogen (secondary N) is 1. The van der Waals surface area contributed by atoms with Gasteiger partial charge in [-0.3, -0.25) is 5.10 Å². The number of rotatable bonds is 4. The topological polar surface area (TPSA) is 54.7 Å². The summed E-state index contributed by atoms with van der Waals surface area (Å²) in [6, 6.07) is 12.4. The van der Waals surface area contributed by atoms with Gasteiger partial charge in [-0.15, -0.1) is 0 Å². The molecule has 2 rings (SSSR count). The lowest BCUT2D eigenvalue weighted by molar-refractivity contribution is 0.652. The zero-order valence-electron chi connectivity index (χ0n) is 8.56. The first-order valence-corrected chi connectivity index (χ1v) is 5.12. The molecule has 1 unspecified atom stereocenters. The minimum absolute atomic E-state index is 0.146. The van der Waals surface area contributed by atoms with Crippen molar-refractivity contribution >= 4 is 0 Å². The molecule has 0 spiro atoms. The van der Waals surface area contributed by atoms with E-state index < -0.39 is 0 Å². The predicted octanol–water partition coefficient (Wildman–Crippen LogP) is 1.52. The Kier molecular flexibility index (Phi) is 3.15. The molecule has 0 fully saturated rings. The van der Waals surface area contributed by atoms with Crippen molar-refractivity contribution in [2.24, 2.45) is 5.73 Å². The van der Waals surface area contributed by atoms with E-state index in [0.717, 1.165) is 18.5 Å². The molecule has 0 radical (unpaired) electrons. The highest BCUT2D eigenvalue weighted by atomic mass is 15.1. The van der Waals surface area contributed by atoms with E-state index in [0.29, 0.717) is 0 Å². The SMILES string of the molecule is NC(Cc1ccccc1)Cc1ccn[nH]1. The van der Waals surface area contributed by atoms with E-state index >= 15 is 0 Å². The maximum atomic E-state index is 6.05. The minimum atomic E-state index is 0.146. The summed E-state index contributed by atoms with van der Waals surface area (Å²) in [6.07, 6.45) is 3.50. The number of nitrogens with two attached hydrogens (primary N) is 1. The quantitative estimate of drug-likeness (QED) is 0.788. The van der Waals surface area contributed by atoms with E-state index in [4.69, 9.17) is 5.73 Å². The molecule has 0 aliphatic rings. The Bertz CT molecular complexity index is 381.